The largest absolute Gasteiger partial charge is 0.479 e. The van der Waals surface area contributed by atoms with E-state index >= 15 is 0 Å². The first-order valence-electron chi connectivity index (χ1n) is 12.4. The standard InChI is InChI=1S/C28H33FN4O3/c1-4-20-10-9-11-21-14-22(36-18-35-3)15-23(26(20)21)19(2)30-17-24-25(16-29)31-28(34)32-27(24)33-12-7-5-6-8-13-33/h9-11,14-17H,4-8,12-13,18H2,1-3H3,(H,31,34)/b24-17+,25-16-,30-19+. The van der Waals surface area contributed by atoms with Crippen molar-refractivity contribution in [1.29, 1.82) is 0 Å². The Morgan fingerprint density at radius 1 is 1.17 bits per heavy atom. The van der Waals surface area contributed by atoms with Crippen LogP contribution >= 0.6 is 0 Å². The van der Waals surface area contributed by atoms with Crippen molar-refractivity contribution in [3.8, 4) is 11.8 Å². The first-order chi connectivity index (χ1) is 17.5. The molecule has 4 rings (SSSR count). The fraction of sp³-hybridized carbons (Fsp3) is 0.393. The average molecular weight is 493 g/mol. The number of rotatable bonds is 7. The Bertz CT molecular complexity index is 1370. The van der Waals surface area contributed by atoms with E-state index in [4.69, 9.17) is 14.5 Å². The summed E-state index contributed by atoms with van der Waals surface area (Å²) in [5.74, 6) is 1.18. The van der Waals surface area contributed by atoms with Crippen LogP contribution in [-0.2, 0) is 11.2 Å². The Balaban J connectivity index is 1.89. The van der Waals surface area contributed by atoms with Gasteiger partial charge in [-0.05, 0) is 54.7 Å². The molecule has 1 aromatic heterocycles. The van der Waals surface area contributed by atoms with Crippen molar-refractivity contribution in [3.05, 3.63) is 52.0 Å². The van der Waals surface area contributed by atoms with Crippen LogP contribution in [0.5, 0.6) is 11.8 Å². The molecule has 3 aromatic rings. The maximum atomic E-state index is 13.9. The summed E-state index contributed by atoms with van der Waals surface area (Å²) in [4.78, 5) is 15.0. The second kappa shape index (κ2) is 11.9. The molecule has 7 nitrogen and oxygen atoms in total. The number of benzene rings is 2. The quantitative estimate of drug-likeness (QED) is 0.393. The van der Waals surface area contributed by atoms with E-state index in [-0.39, 0.29) is 12.1 Å². The van der Waals surface area contributed by atoms with Gasteiger partial charge in [0.05, 0.1) is 5.22 Å². The Labute approximate surface area is 210 Å². The van der Waals surface area contributed by atoms with Crippen LogP contribution in [0.3, 0.4) is 0 Å². The molecule has 1 fully saturated rings. The Morgan fingerprint density at radius 3 is 2.64 bits per heavy atom. The fourth-order valence-electron chi connectivity index (χ4n) is 4.69. The van der Waals surface area contributed by atoms with E-state index in [1.165, 1.54) is 5.56 Å². The molecule has 0 amide bonds. The summed E-state index contributed by atoms with van der Waals surface area (Å²) in [6.45, 7) is 5.76. The smallest absolute Gasteiger partial charge is 0.316 e. The summed E-state index contributed by atoms with van der Waals surface area (Å²) in [5.41, 5.74) is 2.86. The van der Waals surface area contributed by atoms with Crippen molar-refractivity contribution in [1.82, 2.24) is 9.97 Å². The van der Waals surface area contributed by atoms with Crippen molar-refractivity contribution < 1.29 is 19.0 Å². The third kappa shape index (κ3) is 5.65. The van der Waals surface area contributed by atoms with Gasteiger partial charge in [0.2, 0.25) is 0 Å². The molecule has 0 saturated carbocycles. The number of hydrogen-bond acceptors (Lipinski definition) is 7. The molecule has 1 aliphatic rings. The van der Waals surface area contributed by atoms with Crippen LogP contribution in [0.1, 0.15) is 50.7 Å². The first-order valence-corrected chi connectivity index (χ1v) is 12.4. The number of fused-ring (bicyclic) bond motifs is 1. The molecule has 1 N–H and O–H groups in total. The van der Waals surface area contributed by atoms with Crippen LogP contribution in [0.15, 0.2) is 35.3 Å². The first kappa shape index (κ1) is 25.6. The van der Waals surface area contributed by atoms with Crippen LogP contribution in [0.2, 0.25) is 0 Å². The van der Waals surface area contributed by atoms with Crippen LogP contribution in [-0.4, -0.2) is 47.8 Å². The van der Waals surface area contributed by atoms with Crippen LogP contribution in [0.25, 0.3) is 23.3 Å². The van der Waals surface area contributed by atoms with Gasteiger partial charge >= 0.3 is 6.01 Å². The molecule has 0 unspecified atom stereocenters. The minimum absolute atomic E-state index is 0.00887. The number of anilines is 1. The maximum absolute atomic E-state index is 13.9. The molecule has 8 heteroatoms. The highest BCUT2D eigenvalue weighted by molar-refractivity contribution is 6.12. The summed E-state index contributed by atoms with van der Waals surface area (Å²) in [5, 5.41) is 12.7. The van der Waals surface area contributed by atoms with Gasteiger partial charge < -0.3 is 19.5 Å². The average Bonchev–Trinajstić information content (AvgIpc) is 3.19. The molecular formula is C28H33FN4O3. The second-order valence-corrected chi connectivity index (χ2v) is 8.89. The highest BCUT2D eigenvalue weighted by atomic mass is 19.1. The van der Waals surface area contributed by atoms with Crippen molar-refractivity contribution in [3.63, 3.8) is 0 Å². The van der Waals surface area contributed by atoms with Crippen molar-refractivity contribution in [2.45, 2.75) is 46.0 Å². The number of ether oxygens (including phenoxy) is 2. The third-order valence-corrected chi connectivity index (χ3v) is 6.49. The predicted molar refractivity (Wildman–Crippen MR) is 142 cm³/mol. The normalized spacial score (nSPS) is 16.0. The van der Waals surface area contributed by atoms with Crippen molar-refractivity contribution >= 4 is 34.8 Å². The number of aromatic nitrogens is 2. The summed E-state index contributed by atoms with van der Waals surface area (Å²) in [6, 6.07) is 9.70. The minimum atomic E-state index is -0.447. The van der Waals surface area contributed by atoms with E-state index in [2.05, 4.69) is 33.9 Å². The van der Waals surface area contributed by atoms with Gasteiger partial charge in [-0.2, -0.15) is 9.97 Å². The van der Waals surface area contributed by atoms with E-state index < -0.39 is 6.01 Å². The summed E-state index contributed by atoms with van der Waals surface area (Å²) in [7, 11) is 1.58. The lowest BCUT2D eigenvalue weighted by Gasteiger charge is -2.21. The number of aliphatic imine (C=N–C) groups is 1. The van der Waals surface area contributed by atoms with E-state index in [1.807, 2.05) is 25.1 Å². The van der Waals surface area contributed by atoms with E-state index in [0.717, 1.165) is 67.2 Å². The van der Waals surface area contributed by atoms with Crippen LogP contribution in [0, 0.1) is 0 Å². The molecule has 36 heavy (non-hydrogen) atoms. The Hall–Kier alpha value is -3.52. The molecule has 0 atom stereocenters. The number of hydrogen-bond donors (Lipinski definition) is 1. The Morgan fingerprint density at radius 2 is 1.94 bits per heavy atom. The molecular weight excluding hydrogens is 459 g/mol. The van der Waals surface area contributed by atoms with Gasteiger partial charge in [-0.25, -0.2) is 4.39 Å². The fourth-order valence-corrected chi connectivity index (χ4v) is 4.69. The van der Waals surface area contributed by atoms with Gasteiger partial charge in [0.15, 0.2) is 6.79 Å². The molecule has 1 aliphatic heterocycles. The summed E-state index contributed by atoms with van der Waals surface area (Å²) in [6.07, 6.45) is 7.17. The number of aryl methyl sites for hydroxylation is 1. The van der Waals surface area contributed by atoms with Gasteiger partial charge in [-0.15, -0.1) is 0 Å². The van der Waals surface area contributed by atoms with Crippen molar-refractivity contribution in [2.75, 3.05) is 31.9 Å². The molecule has 190 valence electrons. The molecule has 2 aromatic carbocycles. The van der Waals surface area contributed by atoms with Crippen LogP contribution in [0.4, 0.5) is 10.2 Å². The summed E-state index contributed by atoms with van der Waals surface area (Å²) >= 11 is 0. The molecule has 0 radical (unpaired) electrons. The van der Waals surface area contributed by atoms with Gasteiger partial charge in [0, 0.05) is 37.7 Å². The predicted octanol–water partition coefficient (Wildman–Crippen LogP) is 4.22. The topological polar surface area (TPSA) is 80.1 Å². The number of nitrogens with zero attached hydrogens (tertiary/aromatic N) is 4. The lowest BCUT2D eigenvalue weighted by atomic mass is 9.95. The van der Waals surface area contributed by atoms with E-state index in [9.17, 15) is 9.50 Å². The molecule has 0 aliphatic carbocycles. The maximum Gasteiger partial charge on any atom is 0.316 e. The minimum Gasteiger partial charge on any atom is -0.479 e. The Kier molecular flexibility index (Phi) is 8.48. The number of aromatic hydroxyl groups is 1. The van der Waals surface area contributed by atoms with E-state index in [1.54, 1.807) is 13.3 Å². The van der Waals surface area contributed by atoms with Gasteiger partial charge in [-0.3, -0.25) is 4.99 Å². The van der Waals surface area contributed by atoms with Crippen molar-refractivity contribution in [2.24, 2.45) is 4.99 Å². The van der Waals surface area contributed by atoms with Gasteiger partial charge in [0.1, 0.15) is 23.2 Å². The summed E-state index contributed by atoms with van der Waals surface area (Å²) < 4.78 is 24.7. The highest BCUT2D eigenvalue weighted by Crippen LogP contribution is 2.29. The monoisotopic (exact) mass is 492 g/mol. The van der Waals surface area contributed by atoms with E-state index in [0.29, 0.717) is 23.1 Å². The third-order valence-electron chi connectivity index (χ3n) is 6.49. The lowest BCUT2D eigenvalue weighted by molar-refractivity contribution is 0.0512. The zero-order valence-electron chi connectivity index (χ0n) is 21.1. The van der Waals surface area contributed by atoms with Crippen LogP contribution < -0.4 is 20.2 Å². The number of methoxy groups -OCH3 is 1. The lowest BCUT2D eigenvalue weighted by Crippen LogP contribution is -2.38. The molecule has 1 saturated heterocycles. The second-order valence-electron chi connectivity index (χ2n) is 8.89. The zero-order chi connectivity index (χ0) is 25.5. The zero-order valence-corrected chi connectivity index (χ0v) is 21.1. The molecule has 2 heterocycles. The molecule has 0 bridgehead atoms. The van der Waals surface area contributed by atoms with Gasteiger partial charge in [-0.1, -0.05) is 38.0 Å². The highest BCUT2D eigenvalue weighted by Gasteiger charge is 2.16. The number of halogens is 1. The van der Waals surface area contributed by atoms with Gasteiger partial charge in [0.25, 0.3) is 0 Å². The molecule has 0 spiro atoms. The SMILES string of the molecule is CCc1cccc2cc(OCOC)cc(/C(C)=N/C=c3/c(N4CCCCCC4)nc(O)n/c3=C\F)c12.